The van der Waals surface area contributed by atoms with Gasteiger partial charge in [0.15, 0.2) is 0 Å². The SMILES string of the molecule is C[C@H](NC(=O)N(C)[C@@H](C)c1ccc(Cl)cc1)c1cccc(F)c1. The van der Waals surface area contributed by atoms with Crippen molar-refractivity contribution < 1.29 is 9.18 Å². The van der Waals surface area contributed by atoms with Crippen molar-refractivity contribution in [3.8, 4) is 0 Å². The minimum absolute atomic E-state index is 0.105. The Morgan fingerprint density at radius 1 is 1.13 bits per heavy atom. The van der Waals surface area contributed by atoms with E-state index in [1.807, 2.05) is 26.0 Å². The average Bonchev–Trinajstić information content (AvgIpc) is 2.54. The van der Waals surface area contributed by atoms with E-state index in [9.17, 15) is 9.18 Å². The lowest BCUT2D eigenvalue weighted by molar-refractivity contribution is 0.191. The Kier molecular flexibility index (Phi) is 5.61. The average molecular weight is 335 g/mol. The molecule has 2 amide bonds. The van der Waals surface area contributed by atoms with Gasteiger partial charge in [0.25, 0.3) is 0 Å². The Labute approximate surface area is 141 Å². The molecule has 122 valence electrons. The molecule has 3 nitrogen and oxygen atoms in total. The summed E-state index contributed by atoms with van der Waals surface area (Å²) in [4.78, 5) is 14.0. The molecule has 1 N–H and O–H groups in total. The third kappa shape index (κ3) is 4.45. The third-order valence-corrected chi connectivity index (χ3v) is 4.19. The maximum Gasteiger partial charge on any atom is 0.318 e. The number of halogens is 2. The van der Waals surface area contributed by atoms with E-state index in [-0.39, 0.29) is 23.9 Å². The molecule has 0 spiro atoms. The number of rotatable bonds is 4. The topological polar surface area (TPSA) is 32.3 Å². The van der Waals surface area contributed by atoms with Crippen molar-refractivity contribution in [1.82, 2.24) is 10.2 Å². The largest absolute Gasteiger partial charge is 0.331 e. The monoisotopic (exact) mass is 334 g/mol. The number of hydrogen-bond donors (Lipinski definition) is 1. The molecule has 0 unspecified atom stereocenters. The van der Waals surface area contributed by atoms with E-state index in [2.05, 4.69) is 5.32 Å². The molecule has 0 aliphatic heterocycles. The van der Waals surface area contributed by atoms with Crippen molar-refractivity contribution in [2.75, 3.05) is 7.05 Å². The molecule has 0 radical (unpaired) electrons. The van der Waals surface area contributed by atoms with Crippen LogP contribution in [0.4, 0.5) is 9.18 Å². The Hall–Kier alpha value is -2.07. The fourth-order valence-electron chi connectivity index (χ4n) is 2.29. The number of urea groups is 1. The molecule has 2 aromatic rings. The molecule has 2 rings (SSSR count). The molecule has 0 saturated heterocycles. The van der Waals surface area contributed by atoms with Crippen molar-refractivity contribution in [3.63, 3.8) is 0 Å². The fourth-order valence-corrected chi connectivity index (χ4v) is 2.41. The number of carbonyl (C=O) groups excluding carboxylic acids is 1. The number of nitrogens with zero attached hydrogens (tertiary/aromatic N) is 1. The number of amides is 2. The van der Waals surface area contributed by atoms with E-state index in [1.165, 1.54) is 12.1 Å². The molecular formula is C18H20ClFN2O. The Morgan fingerprint density at radius 2 is 1.78 bits per heavy atom. The van der Waals surface area contributed by atoms with Gasteiger partial charge < -0.3 is 10.2 Å². The predicted molar refractivity (Wildman–Crippen MR) is 91.0 cm³/mol. The highest BCUT2D eigenvalue weighted by atomic mass is 35.5. The van der Waals surface area contributed by atoms with E-state index < -0.39 is 0 Å². The van der Waals surface area contributed by atoms with Crippen molar-refractivity contribution in [2.45, 2.75) is 25.9 Å². The van der Waals surface area contributed by atoms with Crippen LogP contribution < -0.4 is 5.32 Å². The first kappa shape index (κ1) is 17.3. The second-order valence-corrected chi connectivity index (χ2v) is 6.00. The van der Waals surface area contributed by atoms with E-state index in [4.69, 9.17) is 11.6 Å². The quantitative estimate of drug-likeness (QED) is 0.843. The van der Waals surface area contributed by atoms with Crippen LogP contribution in [-0.2, 0) is 0 Å². The van der Waals surface area contributed by atoms with Crippen molar-refractivity contribution >= 4 is 17.6 Å². The Balaban J connectivity index is 2.03. The zero-order valence-corrected chi connectivity index (χ0v) is 14.1. The van der Waals surface area contributed by atoms with Gasteiger partial charge in [0.05, 0.1) is 12.1 Å². The van der Waals surface area contributed by atoms with E-state index >= 15 is 0 Å². The van der Waals surface area contributed by atoms with E-state index in [1.54, 1.807) is 36.2 Å². The highest BCUT2D eigenvalue weighted by Gasteiger charge is 2.19. The van der Waals surface area contributed by atoms with Crippen LogP contribution in [0.5, 0.6) is 0 Å². The first-order valence-electron chi connectivity index (χ1n) is 7.42. The number of hydrogen-bond acceptors (Lipinski definition) is 1. The minimum Gasteiger partial charge on any atom is -0.331 e. The molecule has 2 aromatic carbocycles. The van der Waals surface area contributed by atoms with Gasteiger partial charge in [0, 0.05) is 12.1 Å². The summed E-state index contributed by atoms with van der Waals surface area (Å²) in [5.74, 6) is -0.313. The number of carbonyl (C=O) groups is 1. The first-order valence-corrected chi connectivity index (χ1v) is 7.80. The van der Waals surface area contributed by atoms with Crippen LogP contribution in [0.3, 0.4) is 0 Å². The smallest absolute Gasteiger partial charge is 0.318 e. The number of benzene rings is 2. The van der Waals surface area contributed by atoms with Gasteiger partial charge in [-0.3, -0.25) is 0 Å². The Bertz CT molecular complexity index is 675. The summed E-state index contributed by atoms with van der Waals surface area (Å²) >= 11 is 5.88. The lowest BCUT2D eigenvalue weighted by Gasteiger charge is -2.27. The van der Waals surface area contributed by atoms with Crippen molar-refractivity contribution in [3.05, 3.63) is 70.5 Å². The second kappa shape index (κ2) is 7.47. The summed E-state index contributed by atoms with van der Waals surface area (Å²) in [5, 5.41) is 3.54. The first-order chi connectivity index (χ1) is 10.9. The molecule has 23 heavy (non-hydrogen) atoms. The zero-order chi connectivity index (χ0) is 17.0. The van der Waals surface area contributed by atoms with Gasteiger partial charge >= 0.3 is 6.03 Å². The van der Waals surface area contributed by atoms with Crippen LogP contribution in [-0.4, -0.2) is 18.0 Å². The molecule has 0 saturated carbocycles. The molecule has 0 heterocycles. The van der Waals surface area contributed by atoms with Gasteiger partial charge in [-0.15, -0.1) is 0 Å². The summed E-state index contributed by atoms with van der Waals surface area (Å²) in [6.07, 6.45) is 0. The summed E-state index contributed by atoms with van der Waals surface area (Å²) < 4.78 is 13.3. The normalized spacial score (nSPS) is 13.3. The van der Waals surface area contributed by atoms with Crippen LogP contribution >= 0.6 is 11.6 Å². The summed E-state index contributed by atoms with van der Waals surface area (Å²) in [6, 6.07) is 13.0. The fraction of sp³-hybridized carbons (Fsp3) is 0.278. The Morgan fingerprint density at radius 3 is 2.39 bits per heavy atom. The highest BCUT2D eigenvalue weighted by Crippen LogP contribution is 2.21. The highest BCUT2D eigenvalue weighted by molar-refractivity contribution is 6.30. The zero-order valence-electron chi connectivity index (χ0n) is 13.4. The molecule has 0 bridgehead atoms. The molecule has 0 aliphatic carbocycles. The molecule has 2 atom stereocenters. The molecule has 5 heteroatoms. The van der Waals surface area contributed by atoms with Crippen LogP contribution in [0.1, 0.15) is 37.1 Å². The summed E-state index contributed by atoms with van der Waals surface area (Å²) in [6.45, 7) is 3.77. The third-order valence-electron chi connectivity index (χ3n) is 3.94. The van der Waals surface area contributed by atoms with Gasteiger partial charge in [-0.2, -0.15) is 0 Å². The van der Waals surface area contributed by atoms with Gasteiger partial charge in [0.1, 0.15) is 5.82 Å². The van der Waals surface area contributed by atoms with Crippen LogP contribution in [0.15, 0.2) is 48.5 Å². The summed E-state index contributed by atoms with van der Waals surface area (Å²) in [7, 11) is 1.73. The maximum atomic E-state index is 13.3. The van der Waals surface area contributed by atoms with Gasteiger partial charge in [-0.05, 0) is 49.2 Å². The minimum atomic E-state index is -0.313. The van der Waals surface area contributed by atoms with Gasteiger partial charge in [-0.1, -0.05) is 35.9 Å². The van der Waals surface area contributed by atoms with Crippen molar-refractivity contribution in [2.24, 2.45) is 0 Å². The van der Waals surface area contributed by atoms with E-state index in [0.29, 0.717) is 5.02 Å². The van der Waals surface area contributed by atoms with Gasteiger partial charge in [0.2, 0.25) is 0 Å². The summed E-state index contributed by atoms with van der Waals surface area (Å²) in [5.41, 5.74) is 1.72. The number of nitrogens with one attached hydrogen (secondary N) is 1. The lowest BCUT2D eigenvalue weighted by Crippen LogP contribution is -2.39. The lowest BCUT2D eigenvalue weighted by atomic mass is 10.1. The standard InChI is InChI=1S/C18H20ClFN2O/c1-12(15-5-4-6-17(20)11-15)21-18(23)22(3)13(2)14-7-9-16(19)10-8-14/h4-13H,1-3H3,(H,21,23)/t12-,13-/m0/s1. The molecule has 0 aromatic heterocycles. The van der Waals surface area contributed by atoms with Crippen LogP contribution in [0.25, 0.3) is 0 Å². The maximum absolute atomic E-state index is 13.3. The van der Waals surface area contributed by atoms with Crippen LogP contribution in [0, 0.1) is 5.82 Å². The molecular weight excluding hydrogens is 315 g/mol. The second-order valence-electron chi connectivity index (χ2n) is 5.56. The molecule has 0 aliphatic rings. The van der Waals surface area contributed by atoms with Gasteiger partial charge in [-0.25, -0.2) is 9.18 Å². The van der Waals surface area contributed by atoms with Crippen molar-refractivity contribution in [1.29, 1.82) is 0 Å². The molecule has 0 fully saturated rings. The predicted octanol–water partition coefficient (Wildman–Crippen LogP) is 4.94. The van der Waals surface area contributed by atoms with Crippen LogP contribution in [0.2, 0.25) is 5.02 Å². The van der Waals surface area contributed by atoms with E-state index in [0.717, 1.165) is 11.1 Å².